The molecule has 0 aliphatic rings. The van der Waals surface area contributed by atoms with E-state index >= 15 is 0 Å². The Morgan fingerprint density at radius 1 is 1.06 bits per heavy atom. The number of nitrogens with zero attached hydrogens (tertiary/aromatic N) is 2. The summed E-state index contributed by atoms with van der Waals surface area (Å²) in [6, 6.07) is 14.3. The number of aromatic nitrogens is 3. The number of amides is 2. The van der Waals surface area contributed by atoms with E-state index in [0.29, 0.717) is 44.6 Å². The Morgan fingerprint density at radius 3 is 2.71 bits per heavy atom. The van der Waals surface area contributed by atoms with E-state index < -0.39 is 5.91 Å². The van der Waals surface area contributed by atoms with Crippen molar-refractivity contribution in [2.45, 2.75) is 0 Å². The van der Waals surface area contributed by atoms with E-state index in [9.17, 15) is 9.59 Å². The van der Waals surface area contributed by atoms with Crippen LogP contribution in [0.1, 0.15) is 20.8 Å². The van der Waals surface area contributed by atoms with Crippen LogP contribution in [0.15, 0.2) is 70.8 Å². The second-order valence-electron chi connectivity index (χ2n) is 6.71. The van der Waals surface area contributed by atoms with Gasteiger partial charge in [0.1, 0.15) is 11.4 Å². The smallest absolute Gasteiger partial charge is 0.265 e. The number of furan rings is 1. The van der Waals surface area contributed by atoms with Crippen molar-refractivity contribution in [3.8, 4) is 22.7 Å². The molecular weight excluding hydrogens is 414 g/mol. The van der Waals surface area contributed by atoms with Crippen LogP contribution in [0.25, 0.3) is 33.6 Å². The summed E-state index contributed by atoms with van der Waals surface area (Å²) in [5, 5.41) is 5.80. The van der Waals surface area contributed by atoms with Crippen LogP contribution in [0.4, 0.5) is 5.13 Å². The highest BCUT2D eigenvalue weighted by Crippen LogP contribution is 2.28. The Labute approximate surface area is 179 Å². The Balaban J connectivity index is 1.47. The number of benzene rings is 1. The monoisotopic (exact) mass is 429 g/mol. The summed E-state index contributed by atoms with van der Waals surface area (Å²) in [6.45, 7) is 0. The number of pyridine rings is 1. The molecule has 0 radical (unpaired) electrons. The van der Waals surface area contributed by atoms with Crippen LogP contribution in [0.3, 0.4) is 0 Å². The molecule has 31 heavy (non-hydrogen) atoms. The maximum absolute atomic E-state index is 13.1. The average Bonchev–Trinajstić information content (AvgIpc) is 3.54. The second-order valence-corrected chi connectivity index (χ2v) is 7.57. The molecule has 0 bridgehead atoms. The van der Waals surface area contributed by atoms with E-state index in [-0.39, 0.29) is 5.91 Å². The van der Waals surface area contributed by atoms with Crippen molar-refractivity contribution in [1.82, 2.24) is 15.0 Å². The van der Waals surface area contributed by atoms with E-state index in [1.807, 2.05) is 24.3 Å². The van der Waals surface area contributed by atoms with E-state index in [2.05, 4.69) is 20.3 Å². The van der Waals surface area contributed by atoms with E-state index in [4.69, 9.17) is 10.2 Å². The predicted octanol–water partition coefficient (Wildman–Crippen LogP) is 4.30. The summed E-state index contributed by atoms with van der Waals surface area (Å²) >= 11 is 1.29. The number of nitrogens with two attached hydrogens (primary N) is 1. The molecule has 4 N–H and O–H groups in total. The van der Waals surface area contributed by atoms with E-state index in [1.165, 1.54) is 11.3 Å². The molecule has 5 rings (SSSR count). The van der Waals surface area contributed by atoms with Crippen LogP contribution >= 0.6 is 11.3 Å². The van der Waals surface area contributed by atoms with Crippen molar-refractivity contribution >= 4 is 39.2 Å². The number of thiazole rings is 1. The van der Waals surface area contributed by atoms with Gasteiger partial charge < -0.3 is 15.1 Å². The van der Waals surface area contributed by atoms with Gasteiger partial charge in [0, 0.05) is 22.5 Å². The fourth-order valence-electron chi connectivity index (χ4n) is 3.23. The minimum Gasteiger partial charge on any atom is -0.463 e. The number of fused-ring (bicyclic) bond motifs is 1. The fraction of sp³-hybridized carbons (Fsp3) is 0. The average molecular weight is 429 g/mol. The lowest BCUT2D eigenvalue weighted by molar-refractivity contribution is 0.0994. The molecule has 9 heteroatoms. The molecule has 152 valence electrons. The van der Waals surface area contributed by atoms with Gasteiger partial charge in [0.15, 0.2) is 10.9 Å². The van der Waals surface area contributed by atoms with Crippen LogP contribution in [0, 0.1) is 0 Å². The maximum Gasteiger partial charge on any atom is 0.265 e. The van der Waals surface area contributed by atoms with Gasteiger partial charge in [0.2, 0.25) is 0 Å². The molecule has 0 saturated heterocycles. The Morgan fingerprint density at radius 2 is 1.94 bits per heavy atom. The number of primary amides is 1. The number of para-hydroxylation sites is 1. The predicted molar refractivity (Wildman–Crippen MR) is 118 cm³/mol. The lowest BCUT2D eigenvalue weighted by Gasteiger charge is -2.08. The first-order chi connectivity index (χ1) is 15.1. The molecule has 0 atom stereocenters. The molecule has 2 amide bonds. The molecular formula is C22H15N5O3S. The summed E-state index contributed by atoms with van der Waals surface area (Å²) in [4.78, 5) is 36.3. The summed E-state index contributed by atoms with van der Waals surface area (Å²) in [5.41, 5.74) is 8.63. The second kappa shape index (κ2) is 7.54. The van der Waals surface area contributed by atoms with Gasteiger partial charge in [-0.1, -0.05) is 18.2 Å². The third-order valence-electron chi connectivity index (χ3n) is 4.70. The number of carbonyl (C=O) groups excluding carboxylic acids is 2. The SMILES string of the molecule is NC(=O)c1cc(-c2csc(NC(=O)c3cc(-c4ccco4)nc4ccccc34)n2)c[nH]1. The van der Waals surface area contributed by atoms with E-state index in [0.717, 1.165) is 5.39 Å². The molecule has 0 aliphatic heterocycles. The first-order valence-corrected chi connectivity index (χ1v) is 10.2. The van der Waals surface area contributed by atoms with Crippen LogP contribution in [-0.2, 0) is 0 Å². The van der Waals surface area contributed by atoms with Crippen molar-refractivity contribution in [2.75, 3.05) is 5.32 Å². The Bertz CT molecular complexity index is 1420. The molecule has 0 saturated carbocycles. The number of H-pyrrole nitrogens is 1. The van der Waals surface area contributed by atoms with Gasteiger partial charge >= 0.3 is 0 Å². The minimum atomic E-state index is -0.549. The zero-order chi connectivity index (χ0) is 21.4. The van der Waals surface area contributed by atoms with Gasteiger partial charge in [0.25, 0.3) is 11.8 Å². The van der Waals surface area contributed by atoms with Crippen molar-refractivity contribution in [3.63, 3.8) is 0 Å². The van der Waals surface area contributed by atoms with Gasteiger partial charge in [-0.3, -0.25) is 14.9 Å². The highest BCUT2D eigenvalue weighted by atomic mass is 32.1. The summed E-state index contributed by atoms with van der Waals surface area (Å²) in [5.74, 6) is -0.278. The zero-order valence-corrected chi connectivity index (χ0v) is 16.8. The number of hydrogen-bond donors (Lipinski definition) is 3. The Hall–Kier alpha value is -4.24. The van der Waals surface area contributed by atoms with Crippen LogP contribution in [-0.4, -0.2) is 26.8 Å². The molecule has 1 aromatic carbocycles. The molecule has 5 aromatic rings. The maximum atomic E-state index is 13.1. The van der Waals surface area contributed by atoms with Gasteiger partial charge in [-0.05, 0) is 30.3 Å². The number of rotatable bonds is 5. The summed E-state index contributed by atoms with van der Waals surface area (Å²) < 4.78 is 5.45. The fourth-order valence-corrected chi connectivity index (χ4v) is 3.94. The highest BCUT2D eigenvalue weighted by Gasteiger charge is 2.17. The molecule has 0 spiro atoms. The summed E-state index contributed by atoms with van der Waals surface area (Å²) in [6.07, 6.45) is 3.21. The molecule has 0 unspecified atom stereocenters. The third kappa shape index (κ3) is 3.58. The number of aromatic amines is 1. The quantitative estimate of drug-likeness (QED) is 0.384. The van der Waals surface area contributed by atoms with Gasteiger partial charge in [0.05, 0.1) is 23.0 Å². The van der Waals surface area contributed by atoms with Crippen LogP contribution < -0.4 is 11.1 Å². The van der Waals surface area contributed by atoms with Crippen molar-refractivity contribution in [2.24, 2.45) is 5.73 Å². The minimum absolute atomic E-state index is 0.294. The number of carbonyl (C=O) groups is 2. The van der Waals surface area contributed by atoms with E-state index in [1.54, 1.807) is 42.1 Å². The zero-order valence-electron chi connectivity index (χ0n) is 16.0. The molecule has 8 nitrogen and oxygen atoms in total. The lowest BCUT2D eigenvalue weighted by Crippen LogP contribution is -2.13. The van der Waals surface area contributed by atoms with Crippen molar-refractivity contribution < 1.29 is 14.0 Å². The van der Waals surface area contributed by atoms with Crippen molar-refractivity contribution in [3.05, 3.63) is 77.6 Å². The standard InChI is InChI=1S/C22H15N5O3S/c23-20(28)17-8-12(10-24-17)18-11-31-22(26-18)27-21(29)14-9-16(19-6-3-7-30-19)25-15-5-2-1-4-13(14)15/h1-11,24H,(H2,23,28)(H,26,27,29). The molecule has 0 aliphatic carbocycles. The molecule has 0 fully saturated rings. The van der Waals surface area contributed by atoms with Crippen molar-refractivity contribution in [1.29, 1.82) is 0 Å². The van der Waals surface area contributed by atoms with Crippen LogP contribution in [0.2, 0.25) is 0 Å². The first-order valence-electron chi connectivity index (χ1n) is 9.27. The topological polar surface area (TPSA) is 127 Å². The lowest BCUT2D eigenvalue weighted by atomic mass is 10.1. The number of hydrogen-bond acceptors (Lipinski definition) is 6. The third-order valence-corrected chi connectivity index (χ3v) is 5.46. The Kier molecular flexibility index (Phi) is 4.57. The van der Waals surface area contributed by atoms with Crippen LogP contribution in [0.5, 0.6) is 0 Å². The number of nitrogens with one attached hydrogen (secondary N) is 2. The highest BCUT2D eigenvalue weighted by molar-refractivity contribution is 7.14. The van der Waals surface area contributed by atoms with Gasteiger partial charge in [-0.2, -0.15) is 0 Å². The van der Waals surface area contributed by atoms with Gasteiger partial charge in [-0.15, -0.1) is 11.3 Å². The normalized spacial score (nSPS) is 11.0. The molecule has 4 aromatic heterocycles. The largest absolute Gasteiger partial charge is 0.463 e. The van der Waals surface area contributed by atoms with Gasteiger partial charge in [-0.25, -0.2) is 9.97 Å². The summed E-state index contributed by atoms with van der Waals surface area (Å²) in [7, 11) is 0. The molecule has 4 heterocycles. The first kappa shape index (κ1) is 18.8. The number of anilines is 1.